The average molecular weight is 321 g/mol. The molecule has 0 unspecified atom stereocenters. The number of hydrogen-bond acceptors (Lipinski definition) is 3. The van der Waals surface area contributed by atoms with Crippen LogP contribution >= 0.6 is 12.2 Å². The van der Waals surface area contributed by atoms with Crippen LogP contribution in [0, 0.1) is 12.7 Å². The minimum absolute atomic E-state index is 0.0696. The molecule has 2 rings (SSSR count). The van der Waals surface area contributed by atoms with E-state index in [0.717, 1.165) is 5.56 Å². The minimum atomic E-state index is -0.464. The number of hydrazine groups is 1. The van der Waals surface area contributed by atoms with E-state index in [1.165, 1.54) is 6.07 Å². The molecule has 3 N–H and O–H groups in total. The molecule has 0 bridgehead atoms. The summed E-state index contributed by atoms with van der Waals surface area (Å²) >= 11 is 5.00. The van der Waals surface area contributed by atoms with Crippen molar-refractivity contribution in [1.82, 2.24) is 10.9 Å². The molecule has 22 heavy (non-hydrogen) atoms. The maximum atomic E-state index is 13.6. The Kier molecular flexibility index (Phi) is 5.11. The molecule has 1 aromatic carbocycles. The Morgan fingerprint density at radius 3 is 2.73 bits per heavy atom. The van der Waals surface area contributed by atoms with Gasteiger partial charge in [-0.2, -0.15) is 0 Å². The van der Waals surface area contributed by atoms with Crippen LogP contribution in [0.25, 0.3) is 0 Å². The van der Waals surface area contributed by atoms with Crippen molar-refractivity contribution in [2.75, 3.05) is 5.32 Å². The number of rotatable bonds is 3. The van der Waals surface area contributed by atoms with Crippen LogP contribution in [-0.2, 0) is 6.42 Å². The number of benzene rings is 1. The lowest BCUT2D eigenvalue weighted by Gasteiger charge is -2.12. The Morgan fingerprint density at radius 1 is 1.27 bits per heavy atom. The predicted octanol–water partition coefficient (Wildman–Crippen LogP) is 2.92. The van der Waals surface area contributed by atoms with Gasteiger partial charge in [-0.05, 0) is 49.0 Å². The first-order valence-electron chi connectivity index (χ1n) is 6.71. The molecule has 0 saturated carbocycles. The third-order valence-corrected chi connectivity index (χ3v) is 3.10. The SMILES string of the molecule is CCc1ccc(C(=O)NNC(=S)Nc2cc(C)ccc2F)o1. The highest BCUT2D eigenvalue weighted by atomic mass is 32.1. The molecule has 0 saturated heterocycles. The van der Waals surface area contributed by atoms with Gasteiger partial charge < -0.3 is 9.73 Å². The van der Waals surface area contributed by atoms with Crippen molar-refractivity contribution in [3.05, 3.63) is 53.2 Å². The highest BCUT2D eigenvalue weighted by Crippen LogP contribution is 2.15. The molecular formula is C15H16FN3O2S. The fraction of sp³-hybridized carbons (Fsp3) is 0.200. The van der Waals surface area contributed by atoms with Crippen molar-refractivity contribution in [3.8, 4) is 0 Å². The number of thiocarbonyl (C=S) groups is 1. The lowest BCUT2D eigenvalue weighted by molar-refractivity contribution is 0.0914. The number of aryl methyl sites for hydroxylation is 2. The molecule has 0 aliphatic rings. The van der Waals surface area contributed by atoms with Crippen molar-refractivity contribution < 1.29 is 13.6 Å². The van der Waals surface area contributed by atoms with Gasteiger partial charge in [-0.15, -0.1) is 0 Å². The fourth-order valence-corrected chi connectivity index (χ4v) is 1.91. The van der Waals surface area contributed by atoms with E-state index in [1.807, 2.05) is 13.8 Å². The van der Waals surface area contributed by atoms with Crippen LogP contribution in [0.2, 0.25) is 0 Å². The van der Waals surface area contributed by atoms with Crippen molar-refractivity contribution in [3.63, 3.8) is 0 Å². The molecule has 0 radical (unpaired) electrons. The second-order valence-corrected chi connectivity index (χ2v) is 5.04. The smallest absolute Gasteiger partial charge is 0.305 e. The molecular weight excluding hydrogens is 305 g/mol. The monoisotopic (exact) mass is 321 g/mol. The van der Waals surface area contributed by atoms with E-state index in [9.17, 15) is 9.18 Å². The van der Waals surface area contributed by atoms with Crippen LogP contribution in [0.5, 0.6) is 0 Å². The number of carbonyl (C=O) groups excluding carboxylic acids is 1. The summed E-state index contributed by atoms with van der Waals surface area (Å²) in [4.78, 5) is 11.8. The molecule has 5 nitrogen and oxygen atoms in total. The Labute approximate surface area is 132 Å². The highest BCUT2D eigenvalue weighted by Gasteiger charge is 2.11. The predicted molar refractivity (Wildman–Crippen MR) is 86.0 cm³/mol. The molecule has 1 heterocycles. The molecule has 1 amide bonds. The van der Waals surface area contributed by atoms with Gasteiger partial charge in [0, 0.05) is 6.42 Å². The van der Waals surface area contributed by atoms with Crippen molar-refractivity contribution in [2.45, 2.75) is 20.3 Å². The lowest BCUT2D eigenvalue weighted by Crippen LogP contribution is -2.43. The average Bonchev–Trinajstić information content (AvgIpc) is 2.97. The van der Waals surface area contributed by atoms with Crippen LogP contribution in [0.15, 0.2) is 34.7 Å². The normalized spacial score (nSPS) is 10.1. The van der Waals surface area contributed by atoms with E-state index in [4.69, 9.17) is 16.6 Å². The molecule has 0 aliphatic carbocycles. The zero-order valence-corrected chi connectivity index (χ0v) is 13.0. The number of anilines is 1. The van der Waals surface area contributed by atoms with Gasteiger partial charge in [0.25, 0.3) is 0 Å². The summed E-state index contributed by atoms with van der Waals surface area (Å²) < 4.78 is 18.9. The first kappa shape index (κ1) is 16.0. The molecule has 2 aromatic rings. The van der Waals surface area contributed by atoms with Gasteiger partial charge >= 0.3 is 5.91 Å². The van der Waals surface area contributed by atoms with Crippen molar-refractivity contribution in [2.24, 2.45) is 0 Å². The van der Waals surface area contributed by atoms with E-state index in [-0.39, 0.29) is 16.6 Å². The van der Waals surface area contributed by atoms with Crippen LogP contribution in [0.3, 0.4) is 0 Å². The van der Waals surface area contributed by atoms with Gasteiger partial charge in [0.15, 0.2) is 10.9 Å². The second kappa shape index (κ2) is 7.04. The molecule has 0 aliphatic heterocycles. The number of halogens is 1. The van der Waals surface area contributed by atoms with Gasteiger partial charge in [0.05, 0.1) is 5.69 Å². The summed E-state index contributed by atoms with van der Waals surface area (Å²) in [5, 5.41) is 2.74. The Hall–Kier alpha value is -2.41. The third kappa shape index (κ3) is 4.05. The van der Waals surface area contributed by atoms with Gasteiger partial charge in [-0.25, -0.2) is 4.39 Å². The summed E-state index contributed by atoms with van der Waals surface area (Å²) in [6, 6.07) is 7.92. The van der Waals surface area contributed by atoms with Crippen LogP contribution < -0.4 is 16.2 Å². The minimum Gasteiger partial charge on any atom is -0.456 e. The van der Waals surface area contributed by atoms with E-state index in [0.29, 0.717) is 12.2 Å². The first-order chi connectivity index (χ1) is 10.5. The Balaban J connectivity index is 1.89. The second-order valence-electron chi connectivity index (χ2n) is 4.64. The zero-order chi connectivity index (χ0) is 16.1. The highest BCUT2D eigenvalue weighted by molar-refractivity contribution is 7.80. The molecule has 0 spiro atoms. The van der Waals surface area contributed by atoms with Crippen molar-refractivity contribution >= 4 is 28.9 Å². The fourth-order valence-electron chi connectivity index (χ4n) is 1.75. The van der Waals surface area contributed by atoms with E-state index in [2.05, 4.69) is 16.2 Å². The van der Waals surface area contributed by atoms with E-state index in [1.54, 1.807) is 24.3 Å². The molecule has 0 fully saturated rings. The lowest BCUT2D eigenvalue weighted by atomic mass is 10.2. The van der Waals surface area contributed by atoms with Crippen molar-refractivity contribution in [1.29, 1.82) is 0 Å². The summed E-state index contributed by atoms with van der Waals surface area (Å²) in [6.45, 7) is 3.76. The van der Waals surface area contributed by atoms with Gasteiger partial charge in [0.1, 0.15) is 11.6 Å². The first-order valence-corrected chi connectivity index (χ1v) is 7.12. The number of carbonyl (C=O) groups is 1. The Bertz CT molecular complexity index is 700. The summed E-state index contributed by atoms with van der Waals surface area (Å²) in [7, 11) is 0. The molecule has 116 valence electrons. The zero-order valence-electron chi connectivity index (χ0n) is 12.2. The van der Waals surface area contributed by atoms with Crippen LogP contribution in [0.1, 0.15) is 28.8 Å². The summed E-state index contributed by atoms with van der Waals surface area (Å²) in [5.74, 6) is -0.00478. The largest absolute Gasteiger partial charge is 0.456 e. The van der Waals surface area contributed by atoms with Crippen LogP contribution in [0.4, 0.5) is 10.1 Å². The number of amides is 1. The van der Waals surface area contributed by atoms with E-state index >= 15 is 0 Å². The molecule has 7 heteroatoms. The van der Waals surface area contributed by atoms with Gasteiger partial charge in [-0.3, -0.25) is 15.6 Å². The maximum Gasteiger partial charge on any atom is 0.305 e. The number of hydrogen-bond donors (Lipinski definition) is 3. The van der Waals surface area contributed by atoms with Gasteiger partial charge in [0.2, 0.25) is 0 Å². The van der Waals surface area contributed by atoms with Gasteiger partial charge in [-0.1, -0.05) is 13.0 Å². The maximum absolute atomic E-state index is 13.6. The van der Waals surface area contributed by atoms with Crippen LogP contribution in [-0.4, -0.2) is 11.0 Å². The number of furan rings is 1. The topological polar surface area (TPSA) is 66.3 Å². The van der Waals surface area contributed by atoms with E-state index < -0.39 is 11.7 Å². The number of nitrogens with one attached hydrogen (secondary N) is 3. The standard InChI is InChI=1S/C15H16FN3O2S/c1-3-10-5-7-13(21-10)14(20)18-19-15(22)17-12-8-9(2)4-6-11(12)16/h4-8H,3H2,1-2H3,(H,18,20)(H2,17,19,22). The summed E-state index contributed by atoms with van der Waals surface area (Å²) in [6.07, 6.45) is 0.702. The Morgan fingerprint density at radius 2 is 2.05 bits per heavy atom. The quantitative estimate of drug-likeness (QED) is 0.599. The molecule has 1 aromatic heterocycles. The molecule has 0 atom stereocenters. The summed E-state index contributed by atoms with van der Waals surface area (Å²) in [5.41, 5.74) is 6.00. The third-order valence-electron chi connectivity index (χ3n) is 2.89.